The molecule has 7 heteroatoms. The number of ether oxygens (including phenoxy) is 1. The summed E-state index contributed by atoms with van der Waals surface area (Å²) in [5, 5.41) is 5.83. The number of halogens is 2. The number of hydrogen-bond acceptors (Lipinski definition) is 4. The van der Waals surface area contributed by atoms with Crippen molar-refractivity contribution in [2.45, 2.75) is 6.92 Å². The molecule has 1 aromatic heterocycles. The van der Waals surface area contributed by atoms with Crippen LogP contribution in [0.3, 0.4) is 0 Å². The molecular formula is C18H14Cl2N2O2S. The SMILES string of the molecule is COc1cccc(/C=N/NC(=O)c2sc3cc(Cl)ccc3c2Cl)c1C. The van der Waals surface area contributed by atoms with E-state index in [1.165, 1.54) is 11.3 Å². The predicted molar refractivity (Wildman–Crippen MR) is 105 cm³/mol. The molecule has 0 bridgehead atoms. The third kappa shape index (κ3) is 3.63. The van der Waals surface area contributed by atoms with Gasteiger partial charge in [-0.25, -0.2) is 5.43 Å². The van der Waals surface area contributed by atoms with Gasteiger partial charge in [-0.3, -0.25) is 4.79 Å². The molecule has 0 aliphatic heterocycles. The van der Waals surface area contributed by atoms with E-state index in [2.05, 4.69) is 10.5 Å². The van der Waals surface area contributed by atoms with Crippen molar-refractivity contribution >= 4 is 56.7 Å². The lowest BCUT2D eigenvalue weighted by atomic mass is 10.1. The number of carbonyl (C=O) groups excluding carboxylic acids is 1. The lowest BCUT2D eigenvalue weighted by molar-refractivity contribution is 0.0959. The maximum atomic E-state index is 12.4. The standard InChI is InChI=1S/C18H14Cl2N2O2S/c1-10-11(4-3-5-14(10)24-2)9-21-22-18(23)17-16(20)13-7-6-12(19)8-15(13)25-17/h3-9H,1-2H3,(H,22,23)/b21-9+. The molecule has 0 unspecified atom stereocenters. The molecule has 0 aliphatic rings. The topological polar surface area (TPSA) is 50.7 Å². The van der Waals surface area contributed by atoms with Gasteiger partial charge in [-0.2, -0.15) is 5.10 Å². The Morgan fingerprint density at radius 1 is 1.28 bits per heavy atom. The van der Waals surface area contributed by atoms with Crippen LogP contribution in [-0.2, 0) is 0 Å². The summed E-state index contributed by atoms with van der Waals surface area (Å²) >= 11 is 13.6. The summed E-state index contributed by atoms with van der Waals surface area (Å²) in [6, 6.07) is 11.0. The average Bonchev–Trinajstić information content (AvgIpc) is 2.92. The Morgan fingerprint density at radius 2 is 2.08 bits per heavy atom. The fourth-order valence-electron chi connectivity index (χ4n) is 2.39. The minimum Gasteiger partial charge on any atom is -0.496 e. The van der Waals surface area contributed by atoms with Gasteiger partial charge in [-0.05, 0) is 30.7 Å². The number of nitrogens with zero attached hydrogens (tertiary/aromatic N) is 1. The van der Waals surface area contributed by atoms with Gasteiger partial charge in [-0.15, -0.1) is 11.3 Å². The summed E-state index contributed by atoms with van der Waals surface area (Å²) in [6.07, 6.45) is 1.58. The molecule has 0 atom stereocenters. The van der Waals surface area contributed by atoms with E-state index in [0.717, 1.165) is 27.0 Å². The number of methoxy groups -OCH3 is 1. The summed E-state index contributed by atoms with van der Waals surface area (Å²) < 4.78 is 6.12. The van der Waals surface area contributed by atoms with Gasteiger partial charge in [0.1, 0.15) is 10.6 Å². The van der Waals surface area contributed by atoms with Crippen molar-refractivity contribution in [2.24, 2.45) is 5.10 Å². The molecule has 0 fully saturated rings. The summed E-state index contributed by atoms with van der Waals surface area (Å²) in [6.45, 7) is 1.93. The average molecular weight is 393 g/mol. The second-order valence-electron chi connectivity index (χ2n) is 5.26. The Kier molecular flexibility index (Phi) is 5.27. The fourth-order valence-corrected chi connectivity index (χ4v) is 4.07. The molecule has 0 radical (unpaired) electrons. The molecule has 0 saturated carbocycles. The van der Waals surface area contributed by atoms with Gasteiger partial charge in [0.05, 0.1) is 18.3 Å². The summed E-state index contributed by atoms with van der Waals surface area (Å²) in [7, 11) is 1.61. The van der Waals surface area contributed by atoms with Crippen LogP contribution in [0.25, 0.3) is 10.1 Å². The van der Waals surface area contributed by atoms with Crippen molar-refractivity contribution in [1.29, 1.82) is 0 Å². The Balaban J connectivity index is 1.80. The van der Waals surface area contributed by atoms with Crippen molar-refractivity contribution in [3.8, 4) is 5.75 Å². The first-order valence-corrected chi connectivity index (χ1v) is 8.93. The van der Waals surface area contributed by atoms with Gasteiger partial charge >= 0.3 is 0 Å². The molecule has 1 amide bonds. The molecule has 4 nitrogen and oxygen atoms in total. The Bertz CT molecular complexity index is 983. The van der Waals surface area contributed by atoms with Gasteiger partial charge in [0.2, 0.25) is 0 Å². The van der Waals surface area contributed by atoms with Crippen LogP contribution < -0.4 is 10.2 Å². The van der Waals surface area contributed by atoms with Gasteiger partial charge in [0.15, 0.2) is 0 Å². The molecule has 1 heterocycles. The highest BCUT2D eigenvalue weighted by atomic mass is 35.5. The highest BCUT2D eigenvalue weighted by Crippen LogP contribution is 2.36. The Labute approximate surface area is 159 Å². The van der Waals surface area contributed by atoms with E-state index in [1.807, 2.05) is 25.1 Å². The van der Waals surface area contributed by atoms with Crippen molar-refractivity contribution < 1.29 is 9.53 Å². The Hall–Kier alpha value is -2.08. The molecule has 2 aromatic carbocycles. The predicted octanol–water partition coefficient (Wildman–Crippen LogP) is 5.29. The third-order valence-corrected chi connectivity index (χ3v) is 5.60. The van der Waals surface area contributed by atoms with Crippen LogP contribution in [0.5, 0.6) is 5.75 Å². The van der Waals surface area contributed by atoms with Crippen molar-refractivity contribution in [2.75, 3.05) is 7.11 Å². The van der Waals surface area contributed by atoms with E-state index in [-0.39, 0.29) is 5.91 Å². The van der Waals surface area contributed by atoms with E-state index >= 15 is 0 Å². The number of hydrogen-bond donors (Lipinski definition) is 1. The van der Waals surface area contributed by atoms with Crippen LogP contribution in [0.2, 0.25) is 10.0 Å². The van der Waals surface area contributed by atoms with Gasteiger partial charge < -0.3 is 4.74 Å². The monoisotopic (exact) mass is 392 g/mol. The van der Waals surface area contributed by atoms with Crippen molar-refractivity contribution in [3.63, 3.8) is 0 Å². The second kappa shape index (κ2) is 7.44. The van der Waals surface area contributed by atoms with E-state index < -0.39 is 0 Å². The van der Waals surface area contributed by atoms with Crippen LogP contribution in [-0.4, -0.2) is 19.2 Å². The van der Waals surface area contributed by atoms with Crippen LogP contribution in [0.4, 0.5) is 0 Å². The quantitative estimate of drug-likeness (QED) is 0.484. The molecular weight excluding hydrogens is 379 g/mol. The Morgan fingerprint density at radius 3 is 2.84 bits per heavy atom. The minimum absolute atomic E-state index is 0.362. The first-order chi connectivity index (χ1) is 12.0. The molecule has 0 saturated heterocycles. The molecule has 0 spiro atoms. The van der Waals surface area contributed by atoms with Crippen LogP contribution in [0.1, 0.15) is 20.8 Å². The van der Waals surface area contributed by atoms with Gasteiger partial charge in [-0.1, -0.05) is 41.4 Å². The van der Waals surface area contributed by atoms with Crippen LogP contribution >= 0.6 is 34.5 Å². The number of nitrogens with one attached hydrogen (secondary N) is 1. The highest BCUT2D eigenvalue weighted by molar-refractivity contribution is 7.21. The number of rotatable bonds is 4. The number of thiophene rings is 1. The lowest BCUT2D eigenvalue weighted by Gasteiger charge is -2.06. The van der Waals surface area contributed by atoms with Crippen LogP contribution in [0, 0.1) is 6.92 Å². The second-order valence-corrected chi connectivity index (χ2v) is 7.13. The zero-order valence-corrected chi connectivity index (χ0v) is 15.8. The molecule has 128 valence electrons. The van der Waals surface area contributed by atoms with Crippen molar-refractivity contribution in [3.05, 3.63) is 62.4 Å². The van der Waals surface area contributed by atoms with Gasteiger partial charge in [0, 0.05) is 20.7 Å². The largest absolute Gasteiger partial charge is 0.496 e. The molecule has 25 heavy (non-hydrogen) atoms. The van der Waals surface area contributed by atoms with E-state index in [9.17, 15) is 4.79 Å². The third-order valence-electron chi connectivity index (χ3n) is 3.71. The van der Waals surface area contributed by atoms with Crippen molar-refractivity contribution in [1.82, 2.24) is 5.43 Å². The first kappa shape index (κ1) is 17.7. The zero-order chi connectivity index (χ0) is 18.0. The van der Waals surface area contributed by atoms with E-state index in [0.29, 0.717) is 14.9 Å². The van der Waals surface area contributed by atoms with E-state index in [1.54, 1.807) is 31.5 Å². The normalized spacial score (nSPS) is 11.2. The fraction of sp³-hybridized carbons (Fsp3) is 0.111. The summed E-state index contributed by atoms with van der Waals surface area (Å²) in [4.78, 5) is 12.8. The zero-order valence-electron chi connectivity index (χ0n) is 13.5. The highest BCUT2D eigenvalue weighted by Gasteiger charge is 2.17. The lowest BCUT2D eigenvalue weighted by Crippen LogP contribution is -2.16. The van der Waals surface area contributed by atoms with Crippen LogP contribution in [0.15, 0.2) is 41.5 Å². The van der Waals surface area contributed by atoms with Gasteiger partial charge in [0.25, 0.3) is 5.91 Å². The number of benzene rings is 2. The molecule has 3 aromatic rings. The minimum atomic E-state index is -0.362. The smallest absolute Gasteiger partial charge is 0.283 e. The number of carbonyl (C=O) groups is 1. The first-order valence-electron chi connectivity index (χ1n) is 7.36. The van der Waals surface area contributed by atoms with E-state index in [4.69, 9.17) is 27.9 Å². The summed E-state index contributed by atoms with van der Waals surface area (Å²) in [5.41, 5.74) is 4.31. The molecule has 0 aliphatic carbocycles. The molecule has 3 rings (SSSR count). The molecule has 1 N–H and O–H groups in total. The summed E-state index contributed by atoms with van der Waals surface area (Å²) in [5.74, 6) is 0.402. The number of fused-ring (bicyclic) bond motifs is 1. The maximum absolute atomic E-state index is 12.4. The number of amides is 1. The number of hydrazone groups is 1. The maximum Gasteiger partial charge on any atom is 0.283 e.